The van der Waals surface area contributed by atoms with Gasteiger partial charge in [0.15, 0.2) is 0 Å². The Labute approximate surface area is 119 Å². The van der Waals surface area contributed by atoms with Crippen LogP contribution in [-0.2, 0) is 6.42 Å². The Balaban J connectivity index is 1.87. The zero-order chi connectivity index (χ0) is 13.4. The Morgan fingerprint density at radius 3 is 2.74 bits per heavy atom. The highest BCUT2D eigenvalue weighted by Crippen LogP contribution is 2.55. The minimum Gasteiger partial charge on any atom is -0.0712 e. The highest BCUT2D eigenvalue weighted by atomic mass is 31.1. The van der Waals surface area contributed by atoms with Crippen LogP contribution < -0.4 is 5.30 Å². The quantitative estimate of drug-likeness (QED) is 0.679. The molecule has 0 bridgehead atoms. The van der Waals surface area contributed by atoms with E-state index < -0.39 is 0 Å². The van der Waals surface area contributed by atoms with Crippen LogP contribution in [-0.4, -0.2) is 11.8 Å². The molecule has 0 spiro atoms. The number of hydrogen-bond donors (Lipinski definition) is 0. The molecular formula is C18H27P. The molecule has 1 aromatic rings. The lowest BCUT2D eigenvalue weighted by Gasteiger charge is -2.41. The Morgan fingerprint density at radius 1 is 1.16 bits per heavy atom. The maximum atomic E-state index is 2.47. The third kappa shape index (κ3) is 2.62. The zero-order valence-electron chi connectivity index (χ0n) is 12.6. The fourth-order valence-electron chi connectivity index (χ4n) is 4.22. The molecule has 1 heteroatoms. The average molecular weight is 274 g/mol. The molecule has 0 aromatic heterocycles. The average Bonchev–Trinajstić information content (AvgIpc) is 2.82. The summed E-state index contributed by atoms with van der Waals surface area (Å²) in [4.78, 5) is 0. The molecule has 4 atom stereocenters. The molecule has 1 aromatic carbocycles. The second-order valence-corrected chi connectivity index (χ2v) is 9.50. The van der Waals surface area contributed by atoms with E-state index in [1.807, 2.05) is 0 Å². The first-order chi connectivity index (χ1) is 9.16. The third-order valence-electron chi connectivity index (χ3n) is 5.31. The fraction of sp³-hybridized carbons (Fsp3) is 0.667. The van der Waals surface area contributed by atoms with Crippen molar-refractivity contribution in [3.8, 4) is 0 Å². The van der Waals surface area contributed by atoms with Crippen molar-refractivity contribution < 1.29 is 0 Å². The standard InChI is InChI=1S/C18H27P/c1-13(2)16-9-8-14(3)12-18(16)19-11-10-15-6-4-5-7-17(15)19/h4-7,13-14,16,18H,8-12H2,1-3H3/t14-,16+,18-,19?/m1/s1. The highest BCUT2D eigenvalue weighted by Gasteiger charge is 2.38. The van der Waals surface area contributed by atoms with E-state index in [9.17, 15) is 0 Å². The largest absolute Gasteiger partial charge is 0.0712 e. The summed E-state index contributed by atoms with van der Waals surface area (Å²) in [5.41, 5.74) is 2.66. The van der Waals surface area contributed by atoms with Crippen molar-refractivity contribution in [1.82, 2.24) is 0 Å². The maximum Gasteiger partial charge on any atom is -0.0135 e. The molecule has 2 aliphatic rings. The molecular weight excluding hydrogens is 247 g/mol. The SMILES string of the molecule is CC(C)[C@@H]1CC[C@@H](C)C[C@H]1P1CCc2ccccc21. The molecule has 1 aliphatic carbocycles. The van der Waals surface area contributed by atoms with Crippen LogP contribution in [0.5, 0.6) is 0 Å². The lowest BCUT2D eigenvalue weighted by atomic mass is 9.77. The lowest BCUT2D eigenvalue weighted by molar-refractivity contribution is 0.241. The van der Waals surface area contributed by atoms with Crippen molar-refractivity contribution in [3.05, 3.63) is 29.8 Å². The van der Waals surface area contributed by atoms with Crippen molar-refractivity contribution in [2.24, 2.45) is 17.8 Å². The summed E-state index contributed by atoms with van der Waals surface area (Å²) < 4.78 is 0. The molecule has 3 rings (SSSR count). The van der Waals surface area contributed by atoms with Gasteiger partial charge in [-0.1, -0.05) is 59.4 Å². The van der Waals surface area contributed by atoms with Crippen LogP contribution in [0.1, 0.15) is 45.6 Å². The van der Waals surface area contributed by atoms with Gasteiger partial charge in [-0.2, -0.15) is 0 Å². The molecule has 104 valence electrons. The van der Waals surface area contributed by atoms with Gasteiger partial charge in [-0.05, 0) is 59.7 Å². The smallest absolute Gasteiger partial charge is 0.0135 e. The minimum atomic E-state index is 0.122. The molecule has 0 saturated heterocycles. The first-order valence-electron chi connectivity index (χ1n) is 8.01. The first kappa shape index (κ1) is 13.6. The van der Waals surface area contributed by atoms with Crippen LogP contribution >= 0.6 is 7.92 Å². The summed E-state index contributed by atoms with van der Waals surface area (Å²) >= 11 is 0. The van der Waals surface area contributed by atoms with Crippen LogP contribution in [0.2, 0.25) is 0 Å². The number of rotatable bonds is 2. The molecule has 0 radical (unpaired) electrons. The summed E-state index contributed by atoms with van der Waals surface area (Å²) in [6.45, 7) is 7.37. The van der Waals surface area contributed by atoms with Gasteiger partial charge in [0.05, 0.1) is 0 Å². The van der Waals surface area contributed by atoms with Crippen LogP contribution in [0, 0.1) is 17.8 Å². The van der Waals surface area contributed by atoms with Crippen molar-refractivity contribution in [2.75, 3.05) is 6.16 Å². The third-order valence-corrected chi connectivity index (χ3v) is 8.47. The molecule has 0 amide bonds. The van der Waals surface area contributed by atoms with E-state index in [1.54, 1.807) is 10.9 Å². The van der Waals surface area contributed by atoms with Gasteiger partial charge in [0.1, 0.15) is 0 Å². The molecule has 1 saturated carbocycles. The zero-order valence-corrected chi connectivity index (χ0v) is 13.5. The second-order valence-electron chi connectivity index (χ2n) is 6.97. The van der Waals surface area contributed by atoms with Crippen molar-refractivity contribution >= 4 is 13.2 Å². The topological polar surface area (TPSA) is 0 Å². The summed E-state index contributed by atoms with van der Waals surface area (Å²) in [6.07, 6.45) is 7.24. The monoisotopic (exact) mass is 274 g/mol. The second kappa shape index (κ2) is 5.57. The van der Waals surface area contributed by atoms with E-state index in [1.165, 1.54) is 31.8 Å². The van der Waals surface area contributed by atoms with Gasteiger partial charge in [0.2, 0.25) is 0 Å². The van der Waals surface area contributed by atoms with E-state index in [4.69, 9.17) is 0 Å². The number of benzene rings is 1. The molecule has 0 N–H and O–H groups in total. The Kier molecular flexibility index (Phi) is 3.99. The highest BCUT2D eigenvalue weighted by molar-refractivity contribution is 7.66. The van der Waals surface area contributed by atoms with E-state index >= 15 is 0 Å². The Morgan fingerprint density at radius 2 is 1.95 bits per heavy atom. The predicted octanol–water partition coefficient (Wildman–Crippen LogP) is 4.81. The van der Waals surface area contributed by atoms with Gasteiger partial charge in [-0.25, -0.2) is 0 Å². The first-order valence-corrected chi connectivity index (χ1v) is 9.61. The van der Waals surface area contributed by atoms with Crippen LogP contribution in [0.15, 0.2) is 24.3 Å². The summed E-state index contributed by atoms with van der Waals surface area (Å²) in [6, 6.07) is 9.29. The number of hydrogen-bond acceptors (Lipinski definition) is 0. The summed E-state index contributed by atoms with van der Waals surface area (Å²) in [5, 5.41) is 1.75. The summed E-state index contributed by atoms with van der Waals surface area (Å²) in [5.74, 6) is 2.80. The molecule has 1 fully saturated rings. The van der Waals surface area contributed by atoms with E-state index in [0.29, 0.717) is 0 Å². The fourth-order valence-corrected chi connectivity index (χ4v) is 8.03. The van der Waals surface area contributed by atoms with Crippen molar-refractivity contribution in [3.63, 3.8) is 0 Å². The van der Waals surface area contributed by atoms with E-state index in [2.05, 4.69) is 45.0 Å². The van der Waals surface area contributed by atoms with Gasteiger partial charge in [0.25, 0.3) is 0 Å². The maximum absolute atomic E-state index is 2.47. The Hall–Kier alpha value is -0.350. The van der Waals surface area contributed by atoms with Gasteiger partial charge in [-0.15, -0.1) is 0 Å². The van der Waals surface area contributed by atoms with Gasteiger partial charge >= 0.3 is 0 Å². The van der Waals surface area contributed by atoms with Gasteiger partial charge in [0, 0.05) is 0 Å². The number of aryl methyl sites for hydroxylation is 1. The summed E-state index contributed by atoms with van der Waals surface area (Å²) in [7, 11) is 0.122. The van der Waals surface area contributed by atoms with Crippen LogP contribution in [0.25, 0.3) is 0 Å². The van der Waals surface area contributed by atoms with Crippen LogP contribution in [0.4, 0.5) is 0 Å². The minimum absolute atomic E-state index is 0.122. The number of fused-ring (bicyclic) bond motifs is 1. The lowest BCUT2D eigenvalue weighted by Crippen LogP contribution is -2.32. The van der Waals surface area contributed by atoms with Crippen LogP contribution in [0.3, 0.4) is 0 Å². The normalized spacial score (nSPS) is 34.5. The van der Waals surface area contributed by atoms with Crippen molar-refractivity contribution in [1.29, 1.82) is 0 Å². The van der Waals surface area contributed by atoms with E-state index in [0.717, 1.165) is 23.4 Å². The van der Waals surface area contributed by atoms with E-state index in [-0.39, 0.29) is 7.92 Å². The molecule has 1 unspecified atom stereocenters. The molecule has 0 nitrogen and oxygen atoms in total. The molecule has 19 heavy (non-hydrogen) atoms. The molecule has 1 heterocycles. The van der Waals surface area contributed by atoms with Crippen molar-refractivity contribution in [2.45, 2.75) is 52.1 Å². The van der Waals surface area contributed by atoms with Gasteiger partial charge in [-0.3, -0.25) is 0 Å². The predicted molar refractivity (Wildman–Crippen MR) is 86.7 cm³/mol. The Bertz CT molecular complexity index is 437. The molecule has 1 aliphatic heterocycles. The van der Waals surface area contributed by atoms with Gasteiger partial charge < -0.3 is 0 Å².